The molecule has 1 aliphatic heterocycles. The number of fused-ring (bicyclic) bond motifs is 1. The maximum Gasteiger partial charge on any atom is 0.326 e. The van der Waals surface area contributed by atoms with Crippen molar-refractivity contribution in [3.8, 4) is 5.75 Å². The number of amides is 1. The smallest absolute Gasteiger partial charge is 0.326 e. The van der Waals surface area contributed by atoms with E-state index in [2.05, 4.69) is 4.99 Å². The molecule has 1 aliphatic rings. The van der Waals surface area contributed by atoms with Gasteiger partial charge in [0.15, 0.2) is 4.80 Å². The van der Waals surface area contributed by atoms with E-state index in [9.17, 15) is 18.0 Å². The van der Waals surface area contributed by atoms with Crippen LogP contribution < -0.4 is 9.54 Å². The molecule has 1 saturated heterocycles. The molecule has 1 aromatic heterocycles. The van der Waals surface area contributed by atoms with Gasteiger partial charge in [-0.3, -0.25) is 9.59 Å². The van der Waals surface area contributed by atoms with Crippen LogP contribution in [-0.4, -0.2) is 56.0 Å². The van der Waals surface area contributed by atoms with Gasteiger partial charge in [-0.2, -0.15) is 9.30 Å². The van der Waals surface area contributed by atoms with Gasteiger partial charge in [-0.1, -0.05) is 29.0 Å². The standard InChI is InChI=1S/C25H29N3O6S2/c1-4-34-23(29)16-28-21-12-9-19(33-3)14-22(21)35-25(28)26-24(30)18-6-5-13-27(15-18)36(31,32)20-10-7-17(2)8-11-20/h7-12,14,18H,4-6,13,15-16H2,1-3H3. The van der Waals surface area contributed by atoms with Gasteiger partial charge in [-0.05, 0) is 57.0 Å². The van der Waals surface area contributed by atoms with Crippen molar-refractivity contribution in [1.29, 1.82) is 0 Å². The summed E-state index contributed by atoms with van der Waals surface area (Å²) in [5.74, 6) is -0.770. The number of sulfonamides is 1. The number of hydrogen-bond donors (Lipinski definition) is 0. The van der Waals surface area contributed by atoms with Gasteiger partial charge in [0.05, 0.1) is 34.7 Å². The topological polar surface area (TPSA) is 107 Å². The van der Waals surface area contributed by atoms with E-state index in [4.69, 9.17) is 9.47 Å². The molecule has 1 fully saturated rings. The van der Waals surface area contributed by atoms with Crippen LogP contribution in [0.15, 0.2) is 52.4 Å². The lowest BCUT2D eigenvalue weighted by Crippen LogP contribution is -2.42. The predicted octanol–water partition coefficient (Wildman–Crippen LogP) is 3.11. The largest absolute Gasteiger partial charge is 0.497 e. The van der Waals surface area contributed by atoms with Crippen molar-refractivity contribution in [2.75, 3.05) is 26.8 Å². The van der Waals surface area contributed by atoms with Gasteiger partial charge in [0, 0.05) is 13.1 Å². The highest BCUT2D eigenvalue weighted by Crippen LogP contribution is 2.26. The first kappa shape index (κ1) is 26.1. The quantitative estimate of drug-likeness (QED) is 0.434. The fourth-order valence-electron chi connectivity index (χ4n) is 4.16. The number of piperidine rings is 1. The number of methoxy groups -OCH3 is 1. The first-order chi connectivity index (χ1) is 17.2. The summed E-state index contributed by atoms with van der Waals surface area (Å²) >= 11 is 1.27. The molecule has 192 valence electrons. The summed E-state index contributed by atoms with van der Waals surface area (Å²) in [7, 11) is -2.15. The first-order valence-electron chi connectivity index (χ1n) is 11.7. The molecule has 1 amide bonds. The Morgan fingerprint density at radius 3 is 2.61 bits per heavy atom. The van der Waals surface area contributed by atoms with Crippen molar-refractivity contribution in [2.24, 2.45) is 10.9 Å². The number of nitrogens with zero attached hydrogens (tertiary/aromatic N) is 3. The van der Waals surface area contributed by atoms with Crippen LogP contribution in [0, 0.1) is 12.8 Å². The number of aryl methyl sites for hydroxylation is 1. The zero-order valence-electron chi connectivity index (χ0n) is 20.5. The van der Waals surface area contributed by atoms with Crippen molar-refractivity contribution in [3.05, 3.63) is 52.8 Å². The van der Waals surface area contributed by atoms with E-state index in [0.29, 0.717) is 29.9 Å². The van der Waals surface area contributed by atoms with E-state index in [1.165, 1.54) is 15.6 Å². The number of ether oxygens (including phenoxy) is 2. The number of hydrogen-bond acceptors (Lipinski definition) is 7. The minimum atomic E-state index is -3.71. The highest BCUT2D eigenvalue weighted by atomic mass is 32.2. The zero-order chi connectivity index (χ0) is 25.9. The Balaban J connectivity index is 1.64. The number of aromatic nitrogens is 1. The molecule has 0 radical (unpaired) electrons. The fourth-order valence-corrected chi connectivity index (χ4v) is 6.75. The molecule has 2 heterocycles. The fraction of sp³-hybridized carbons (Fsp3) is 0.400. The number of benzene rings is 2. The van der Waals surface area contributed by atoms with Crippen LogP contribution in [-0.2, 0) is 30.9 Å². The van der Waals surface area contributed by atoms with E-state index in [0.717, 1.165) is 15.8 Å². The lowest BCUT2D eigenvalue weighted by molar-refractivity contribution is -0.143. The monoisotopic (exact) mass is 531 g/mol. The number of thiazole rings is 1. The molecule has 0 bridgehead atoms. The minimum absolute atomic E-state index is 0.0646. The Morgan fingerprint density at radius 2 is 1.92 bits per heavy atom. The number of esters is 1. The molecule has 9 nitrogen and oxygen atoms in total. The van der Waals surface area contributed by atoms with Crippen molar-refractivity contribution in [1.82, 2.24) is 8.87 Å². The molecule has 4 rings (SSSR count). The van der Waals surface area contributed by atoms with Crippen molar-refractivity contribution >= 4 is 43.5 Å². The van der Waals surface area contributed by atoms with Gasteiger partial charge in [0.1, 0.15) is 12.3 Å². The maximum atomic E-state index is 13.2. The molecule has 0 spiro atoms. The van der Waals surface area contributed by atoms with Crippen molar-refractivity contribution in [3.63, 3.8) is 0 Å². The third kappa shape index (κ3) is 5.53. The summed E-state index contributed by atoms with van der Waals surface area (Å²) in [5, 5.41) is 0. The summed E-state index contributed by atoms with van der Waals surface area (Å²) in [6, 6.07) is 12.1. The molecule has 1 unspecified atom stereocenters. The molecule has 11 heteroatoms. The summed E-state index contributed by atoms with van der Waals surface area (Å²) < 4.78 is 40.5. The molecule has 3 aromatic rings. The molecule has 0 saturated carbocycles. The number of rotatable bonds is 7. The zero-order valence-corrected chi connectivity index (χ0v) is 22.1. The second kappa shape index (κ2) is 10.9. The lowest BCUT2D eigenvalue weighted by atomic mass is 9.99. The van der Waals surface area contributed by atoms with E-state index < -0.39 is 27.8 Å². The third-order valence-electron chi connectivity index (χ3n) is 6.08. The van der Waals surface area contributed by atoms with E-state index >= 15 is 0 Å². The second-order valence-corrected chi connectivity index (χ2v) is 11.5. The highest BCUT2D eigenvalue weighted by Gasteiger charge is 2.33. The minimum Gasteiger partial charge on any atom is -0.497 e. The Hall–Kier alpha value is -3.02. The summed E-state index contributed by atoms with van der Waals surface area (Å²) in [6.45, 7) is 4.19. The number of carbonyl (C=O) groups excluding carboxylic acids is 2. The summed E-state index contributed by atoms with van der Waals surface area (Å²) in [5.41, 5.74) is 1.70. The normalized spacial score (nSPS) is 17.3. The van der Waals surface area contributed by atoms with Crippen molar-refractivity contribution in [2.45, 2.75) is 38.1 Å². The molecular formula is C25H29N3O6S2. The van der Waals surface area contributed by atoms with Gasteiger partial charge in [-0.15, -0.1) is 0 Å². The second-order valence-electron chi connectivity index (χ2n) is 8.57. The lowest BCUT2D eigenvalue weighted by Gasteiger charge is -2.30. The van der Waals surface area contributed by atoms with Gasteiger partial charge < -0.3 is 14.0 Å². The molecule has 1 atom stereocenters. The van der Waals surface area contributed by atoms with Gasteiger partial charge in [-0.25, -0.2) is 8.42 Å². The highest BCUT2D eigenvalue weighted by molar-refractivity contribution is 7.89. The van der Waals surface area contributed by atoms with Gasteiger partial charge >= 0.3 is 5.97 Å². The predicted molar refractivity (Wildman–Crippen MR) is 136 cm³/mol. The molecule has 0 N–H and O–H groups in total. The first-order valence-corrected chi connectivity index (χ1v) is 14.0. The Bertz CT molecular complexity index is 1440. The SMILES string of the molecule is CCOC(=O)Cn1c(=NC(=O)C2CCCN(S(=O)(=O)c3ccc(C)cc3)C2)sc2cc(OC)ccc21. The van der Waals surface area contributed by atoms with Gasteiger partial charge in [0.25, 0.3) is 5.91 Å². The molecule has 0 aliphatic carbocycles. The molecule has 2 aromatic carbocycles. The van der Waals surface area contributed by atoms with E-state index in [1.54, 1.807) is 48.9 Å². The van der Waals surface area contributed by atoms with Crippen LogP contribution in [0.2, 0.25) is 0 Å². The average molecular weight is 532 g/mol. The van der Waals surface area contributed by atoms with Crippen molar-refractivity contribution < 1.29 is 27.5 Å². The van der Waals surface area contributed by atoms with Crippen LogP contribution in [0.1, 0.15) is 25.3 Å². The van der Waals surface area contributed by atoms with Crippen LogP contribution >= 0.6 is 11.3 Å². The summed E-state index contributed by atoms with van der Waals surface area (Å²) in [4.78, 5) is 30.4. The Kier molecular flexibility index (Phi) is 7.91. The molecule has 36 heavy (non-hydrogen) atoms. The van der Waals surface area contributed by atoms with Gasteiger partial charge in [0.2, 0.25) is 10.0 Å². The average Bonchev–Trinajstić information content (AvgIpc) is 3.20. The Morgan fingerprint density at radius 1 is 1.17 bits per heavy atom. The number of carbonyl (C=O) groups is 2. The third-order valence-corrected chi connectivity index (χ3v) is 9.00. The van der Waals surface area contributed by atoms with E-state index in [-0.39, 0.29) is 24.6 Å². The summed E-state index contributed by atoms with van der Waals surface area (Å²) in [6.07, 6.45) is 1.10. The van der Waals surface area contributed by atoms with Crippen LogP contribution in [0.25, 0.3) is 10.2 Å². The maximum absolute atomic E-state index is 13.2. The van der Waals surface area contributed by atoms with Crippen LogP contribution in [0.5, 0.6) is 5.75 Å². The van der Waals surface area contributed by atoms with E-state index in [1.807, 2.05) is 19.1 Å². The molecular weight excluding hydrogens is 502 g/mol. The Labute approximate surface area is 214 Å². The van der Waals surface area contributed by atoms with Crippen LogP contribution in [0.4, 0.5) is 0 Å². The van der Waals surface area contributed by atoms with Crippen LogP contribution in [0.3, 0.4) is 0 Å².